The fraction of sp³-hybridized carbons (Fsp3) is 0.923. The molecule has 5 N–H and O–H groups in total. The molecular weight excluding hydrogens is 243 g/mol. The lowest BCUT2D eigenvalue weighted by Gasteiger charge is -2.36. The molecule has 1 aliphatic carbocycles. The first-order valence-electron chi connectivity index (χ1n) is 7.32. The highest BCUT2D eigenvalue weighted by atomic mass is 16.4. The van der Waals surface area contributed by atoms with Gasteiger partial charge in [-0.1, -0.05) is 19.2 Å². The van der Waals surface area contributed by atoms with Crippen molar-refractivity contribution in [2.75, 3.05) is 6.54 Å². The van der Waals surface area contributed by atoms with Crippen molar-refractivity contribution >= 4 is 13.5 Å². The predicted molar refractivity (Wildman–Crippen MR) is 73.8 cm³/mol. The van der Waals surface area contributed by atoms with E-state index in [9.17, 15) is 9.90 Å². The highest BCUT2D eigenvalue weighted by Crippen LogP contribution is 2.45. The third-order valence-corrected chi connectivity index (χ3v) is 4.92. The maximum absolute atomic E-state index is 11.7. The maximum Gasteiger partial charge on any atom is 0.324 e. The van der Waals surface area contributed by atoms with Crippen molar-refractivity contribution in [1.82, 2.24) is 5.32 Å². The molecule has 107 valence electrons. The number of carbonyl (C=O) groups is 1. The minimum Gasteiger partial charge on any atom is -0.480 e. The largest absolute Gasteiger partial charge is 0.480 e. The smallest absolute Gasteiger partial charge is 0.324 e. The Morgan fingerprint density at radius 3 is 2.95 bits per heavy atom. The van der Waals surface area contributed by atoms with Gasteiger partial charge in [0, 0.05) is 12.0 Å². The minimum atomic E-state index is -1.07. The van der Waals surface area contributed by atoms with Gasteiger partial charge in [-0.2, -0.15) is 0 Å². The van der Waals surface area contributed by atoms with Crippen LogP contribution in [0.2, 0.25) is 6.32 Å². The SMILES string of the molecule is N[C@]1(C(=O)O)C(CCCC[B]O)CC2NCCCC21. The van der Waals surface area contributed by atoms with Gasteiger partial charge < -0.3 is 21.2 Å². The molecule has 1 saturated carbocycles. The number of piperidine rings is 1. The quantitative estimate of drug-likeness (QED) is 0.411. The normalized spacial score (nSPS) is 37.9. The van der Waals surface area contributed by atoms with Crippen molar-refractivity contribution in [2.45, 2.75) is 56.4 Å². The molecule has 0 aromatic carbocycles. The summed E-state index contributed by atoms with van der Waals surface area (Å²) in [5, 5.41) is 21.7. The fourth-order valence-corrected chi connectivity index (χ4v) is 3.89. The molecule has 0 aromatic rings. The summed E-state index contributed by atoms with van der Waals surface area (Å²) in [6, 6.07) is 0.268. The Kier molecular flexibility index (Phi) is 4.87. The lowest BCUT2D eigenvalue weighted by Crippen LogP contribution is -2.59. The zero-order valence-electron chi connectivity index (χ0n) is 11.3. The molecule has 0 bridgehead atoms. The van der Waals surface area contributed by atoms with Gasteiger partial charge in [0.15, 0.2) is 0 Å². The van der Waals surface area contributed by atoms with Crippen molar-refractivity contribution in [3.63, 3.8) is 0 Å². The molecule has 0 amide bonds. The first kappa shape index (κ1) is 14.8. The topological polar surface area (TPSA) is 95.6 Å². The van der Waals surface area contributed by atoms with Gasteiger partial charge in [-0.25, -0.2) is 0 Å². The van der Waals surface area contributed by atoms with E-state index in [-0.39, 0.29) is 17.9 Å². The van der Waals surface area contributed by atoms with Gasteiger partial charge in [0.05, 0.1) is 0 Å². The van der Waals surface area contributed by atoms with Crippen molar-refractivity contribution in [1.29, 1.82) is 0 Å². The van der Waals surface area contributed by atoms with Crippen LogP contribution in [0.3, 0.4) is 0 Å². The highest BCUT2D eigenvalue weighted by Gasteiger charge is 2.57. The number of aliphatic carboxylic acids is 1. The van der Waals surface area contributed by atoms with Crippen LogP contribution in [-0.2, 0) is 4.79 Å². The first-order valence-corrected chi connectivity index (χ1v) is 7.32. The van der Waals surface area contributed by atoms with E-state index in [4.69, 9.17) is 10.8 Å². The van der Waals surface area contributed by atoms with Gasteiger partial charge in [-0.15, -0.1) is 0 Å². The van der Waals surface area contributed by atoms with Crippen LogP contribution in [0.1, 0.15) is 38.5 Å². The average molecular weight is 267 g/mol. The number of carboxylic acid groups (broad SMARTS) is 1. The zero-order valence-corrected chi connectivity index (χ0v) is 11.3. The van der Waals surface area contributed by atoms with Crippen LogP contribution >= 0.6 is 0 Å². The van der Waals surface area contributed by atoms with Crippen molar-refractivity contribution in [3.05, 3.63) is 0 Å². The van der Waals surface area contributed by atoms with Gasteiger partial charge in [0.2, 0.25) is 0 Å². The number of hydrogen-bond acceptors (Lipinski definition) is 4. The van der Waals surface area contributed by atoms with Crippen LogP contribution in [0.15, 0.2) is 0 Å². The van der Waals surface area contributed by atoms with Crippen LogP contribution in [0.4, 0.5) is 0 Å². The summed E-state index contributed by atoms with van der Waals surface area (Å²) in [5.41, 5.74) is 5.25. The van der Waals surface area contributed by atoms with Crippen molar-refractivity contribution in [2.24, 2.45) is 17.6 Å². The van der Waals surface area contributed by atoms with Crippen molar-refractivity contribution < 1.29 is 14.9 Å². The van der Waals surface area contributed by atoms with Crippen LogP contribution in [0, 0.1) is 11.8 Å². The van der Waals surface area contributed by atoms with Crippen LogP contribution in [0.25, 0.3) is 0 Å². The highest BCUT2D eigenvalue weighted by molar-refractivity contribution is 6.25. The number of nitrogens with one attached hydrogen (secondary N) is 1. The monoisotopic (exact) mass is 267 g/mol. The van der Waals surface area contributed by atoms with E-state index in [1.807, 2.05) is 0 Å². The Morgan fingerprint density at radius 2 is 2.26 bits per heavy atom. The van der Waals surface area contributed by atoms with E-state index in [1.165, 1.54) is 7.48 Å². The second-order valence-corrected chi connectivity index (χ2v) is 5.95. The summed E-state index contributed by atoms with van der Waals surface area (Å²) in [5.74, 6) is -0.736. The van der Waals surface area contributed by atoms with E-state index in [0.717, 1.165) is 45.1 Å². The molecule has 0 spiro atoms. The van der Waals surface area contributed by atoms with Crippen LogP contribution < -0.4 is 11.1 Å². The maximum atomic E-state index is 11.7. The van der Waals surface area contributed by atoms with Gasteiger partial charge in [0.25, 0.3) is 7.48 Å². The molecule has 1 heterocycles. The molecule has 5 nitrogen and oxygen atoms in total. The average Bonchev–Trinajstić information content (AvgIpc) is 2.70. The summed E-state index contributed by atoms with van der Waals surface area (Å²) in [6.45, 7) is 0.975. The molecule has 2 aliphatic rings. The van der Waals surface area contributed by atoms with Gasteiger partial charge >= 0.3 is 5.97 Å². The summed E-state index contributed by atoms with van der Waals surface area (Å²) in [7, 11) is 1.17. The molecule has 1 saturated heterocycles. The molecule has 3 unspecified atom stereocenters. The molecule has 1 radical (unpaired) electrons. The van der Waals surface area contributed by atoms with E-state index >= 15 is 0 Å². The number of rotatable bonds is 6. The van der Waals surface area contributed by atoms with Gasteiger partial charge in [-0.05, 0) is 38.1 Å². The van der Waals surface area contributed by atoms with Gasteiger partial charge in [-0.3, -0.25) is 4.79 Å². The van der Waals surface area contributed by atoms with Gasteiger partial charge in [0.1, 0.15) is 5.54 Å². The number of fused-ring (bicyclic) bond motifs is 1. The van der Waals surface area contributed by atoms with E-state index in [2.05, 4.69) is 5.32 Å². The molecule has 4 atom stereocenters. The van der Waals surface area contributed by atoms with E-state index in [0.29, 0.717) is 6.32 Å². The van der Waals surface area contributed by atoms with Crippen LogP contribution in [-0.4, -0.2) is 41.7 Å². The van der Waals surface area contributed by atoms with Crippen LogP contribution in [0.5, 0.6) is 0 Å². The second-order valence-electron chi connectivity index (χ2n) is 5.95. The summed E-state index contributed by atoms with van der Waals surface area (Å²) in [4.78, 5) is 11.7. The Hall–Kier alpha value is -0.585. The number of carboxylic acids is 1. The molecule has 6 heteroatoms. The molecule has 1 aliphatic heterocycles. The molecule has 0 aromatic heterocycles. The zero-order chi connectivity index (χ0) is 13.9. The number of hydrogen-bond donors (Lipinski definition) is 4. The lowest BCUT2D eigenvalue weighted by molar-refractivity contribution is -0.147. The Morgan fingerprint density at radius 1 is 1.47 bits per heavy atom. The standard InChI is InChI=1S/C13H24BN2O3/c15-13(12(17)18)9(4-1-2-6-14-19)8-11-10(13)5-3-7-16-11/h9-11,16,19H,1-8,15H2,(H,17,18)/t9?,10?,11?,13-/m1/s1. The van der Waals surface area contributed by atoms with E-state index < -0.39 is 11.5 Å². The molecule has 2 fully saturated rings. The molecule has 19 heavy (non-hydrogen) atoms. The van der Waals surface area contributed by atoms with E-state index in [1.54, 1.807) is 0 Å². The number of nitrogens with two attached hydrogens (primary N) is 1. The predicted octanol–water partition coefficient (Wildman–Crippen LogP) is 0.357. The third kappa shape index (κ3) is 2.80. The third-order valence-electron chi connectivity index (χ3n) is 4.92. The first-order chi connectivity index (χ1) is 9.10. The minimum absolute atomic E-state index is 0.0456. The second kappa shape index (κ2) is 6.24. The molecule has 2 rings (SSSR count). The summed E-state index contributed by atoms with van der Waals surface area (Å²) >= 11 is 0. The summed E-state index contributed by atoms with van der Waals surface area (Å²) in [6.07, 6.45) is 6.13. The molecular formula is C13H24BN2O3. The lowest BCUT2D eigenvalue weighted by atomic mass is 9.75. The number of unbranched alkanes of at least 4 members (excludes halogenated alkanes) is 1. The Bertz CT molecular complexity index is 329. The van der Waals surface area contributed by atoms with Crippen molar-refractivity contribution in [3.8, 4) is 0 Å². The fourth-order valence-electron chi connectivity index (χ4n) is 3.89. The summed E-state index contributed by atoms with van der Waals surface area (Å²) < 4.78 is 0. The Balaban J connectivity index is 2.02. The Labute approximate surface area is 115 Å².